The highest BCUT2D eigenvalue weighted by Gasteiger charge is 2.22. The monoisotopic (exact) mass is 320 g/mol. The molecule has 0 spiro atoms. The topological polar surface area (TPSA) is 96.4 Å². The number of carbonyl (C=O) groups excluding carboxylic acids is 1. The number of aliphatic hydroxyl groups excluding tert-OH is 2. The van der Waals surface area contributed by atoms with E-state index in [1.54, 1.807) is 6.07 Å². The van der Waals surface area contributed by atoms with Crippen LogP contribution in [0.25, 0.3) is 0 Å². The fourth-order valence-corrected chi connectivity index (χ4v) is 2.14. The van der Waals surface area contributed by atoms with Crippen molar-refractivity contribution in [2.45, 2.75) is 19.1 Å². The number of pyridine rings is 1. The molecule has 1 aromatic rings. The van der Waals surface area contributed by atoms with Gasteiger partial charge in [-0.1, -0.05) is 11.8 Å². The van der Waals surface area contributed by atoms with Crippen molar-refractivity contribution in [3.05, 3.63) is 22.3 Å². The Morgan fingerprint density at radius 2 is 2.29 bits per heavy atom. The Morgan fingerprint density at radius 3 is 2.88 bits per heavy atom. The molecule has 1 rings (SSSR count). The van der Waals surface area contributed by atoms with Crippen molar-refractivity contribution in [3.63, 3.8) is 0 Å². The zero-order valence-electron chi connectivity index (χ0n) is 9.13. The van der Waals surface area contributed by atoms with Gasteiger partial charge in [0.2, 0.25) is 0 Å². The maximum absolute atomic E-state index is 10.8. The molecule has 2 unspecified atom stereocenters. The van der Waals surface area contributed by atoms with E-state index in [2.05, 4.69) is 20.9 Å². The lowest BCUT2D eigenvalue weighted by Gasteiger charge is -2.18. The largest absolute Gasteiger partial charge is 0.389 e. The molecular formula is C10H13BrN2O3S. The lowest BCUT2D eigenvalue weighted by Crippen LogP contribution is -2.22. The van der Waals surface area contributed by atoms with Crippen molar-refractivity contribution in [2.75, 3.05) is 11.5 Å². The lowest BCUT2D eigenvalue weighted by atomic mass is 10.1. The van der Waals surface area contributed by atoms with E-state index in [0.29, 0.717) is 10.0 Å². The summed E-state index contributed by atoms with van der Waals surface area (Å²) in [6.07, 6.45) is -0.725. The van der Waals surface area contributed by atoms with E-state index in [0.717, 1.165) is 11.8 Å². The Labute approximate surface area is 112 Å². The summed E-state index contributed by atoms with van der Waals surface area (Å²) in [4.78, 5) is 14.6. The van der Waals surface area contributed by atoms with Gasteiger partial charge in [0.25, 0.3) is 0 Å². The summed E-state index contributed by atoms with van der Waals surface area (Å²) in [5.41, 5.74) is 5.95. The van der Waals surface area contributed by atoms with Crippen LogP contribution in [0.4, 0.5) is 5.82 Å². The molecule has 4 N–H and O–H groups in total. The normalized spacial score (nSPS) is 14.4. The van der Waals surface area contributed by atoms with Crippen LogP contribution in [0, 0.1) is 0 Å². The van der Waals surface area contributed by atoms with Gasteiger partial charge in [-0.2, -0.15) is 0 Å². The Bertz CT molecular complexity index is 417. The van der Waals surface area contributed by atoms with Crippen LogP contribution < -0.4 is 5.73 Å². The molecule has 1 heterocycles. The van der Waals surface area contributed by atoms with Crippen molar-refractivity contribution in [1.82, 2.24) is 4.98 Å². The van der Waals surface area contributed by atoms with Crippen molar-refractivity contribution in [2.24, 2.45) is 0 Å². The van der Waals surface area contributed by atoms with Gasteiger partial charge in [-0.3, -0.25) is 4.79 Å². The van der Waals surface area contributed by atoms with E-state index in [1.807, 2.05) is 0 Å². The highest BCUT2D eigenvalue weighted by atomic mass is 79.9. The number of hydrogen-bond donors (Lipinski definition) is 3. The van der Waals surface area contributed by atoms with E-state index in [4.69, 9.17) is 5.73 Å². The molecule has 5 nitrogen and oxygen atoms in total. The molecule has 94 valence electrons. The molecule has 0 bridgehead atoms. The third kappa shape index (κ3) is 4.27. The summed E-state index contributed by atoms with van der Waals surface area (Å²) < 4.78 is 0.659. The van der Waals surface area contributed by atoms with Crippen LogP contribution >= 0.6 is 27.7 Å². The van der Waals surface area contributed by atoms with E-state index in [9.17, 15) is 15.0 Å². The predicted octanol–water partition coefficient (Wildman–Crippen LogP) is 1.10. The molecule has 17 heavy (non-hydrogen) atoms. The van der Waals surface area contributed by atoms with Crippen LogP contribution in [-0.2, 0) is 4.79 Å². The summed E-state index contributed by atoms with van der Waals surface area (Å²) in [5.74, 6) is 0.273. The Morgan fingerprint density at radius 1 is 1.65 bits per heavy atom. The van der Waals surface area contributed by atoms with E-state index < -0.39 is 12.2 Å². The van der Waals surface area contributed by atoms with Crippen molar-refractivity contribution >= 4 is 38.6 Å². The first kappa shape index (κ1) is 14.4. The lowest BCUT2D eigenvalue weighted by molar-refractivity contribution is -0.109. The second-order valence-corrected chi connectivity index (χ2v) is 5.56. The quantitative estimate of drug-likeness (QED) is 0.768. The number of carbonyl (C=O) groups is 1. The van der Waals surface area contributed by atoms with Crippen LogP contribution in [-0.4, -0.2) is 32.2 Å². The molecule has 1 aromatic heterocycles. The maximum Gasteiger partial charge on any atom is 0.185 e. The Kier molecular flexibility index (Phi) is 5.38. The van der Waals surface area contributed by atoms with Gasteiger partial charge in [0.1, 0.15) is 11.9 Å². The zero-order valence-corrected chi connectivity index (χ0v) is 11.5. The van der Waals surface area contributed by atoms with Crippen LogP contribution in [0.15, 0.2) is 16.7 Å². The summed E-state index contributed by atoms with van der Waals surface area (Å²) >= 11 is 4.16. The predicted molar refractivity (Wildman–Crippen MR) is 70.5 cm³/mol. The molecule has 0 saturated heterocycles. The Hall–Kier alpha value is -0.630. The number of hydrogen-bond acceptors (Lipinski definition) is 6. The number of halogens is 1. The maximum atomic E-state index is 10.8. The molecule has 0 saturated carbocycles. The molecule has 7 heteroatoms. The van der Waals surface area contributed by atoms with Crippen LogP contribution in [0.5, 0.6) is 0 Å². The number of nitrogen functional groups attached to an aromatic ring is 1. The number of nitrogens with two attached hydrogens (primary N) is 1. The van der Waals surface area contributed by atoms with Gasteiger partial charge in [0.15, 0.2) is 5.12 Å². The first-order chi connectivity index (χ1) is 7.91. The number of rotatable bonds is 4. The molecule has 0 radical (unpaired) electrons. The van der Waals surface area contributed by atoms with Gasteiger partial charge in [0, 0.05) is 28.9 Å². The SMILES string of the molecule is CC(=O)SCC(O)C(O)c1cc(Br)cnc1N. The molecule has 0 aliphatic heterocycles. The van der Waals surface area contributed by atoms with Crippen LogP contribution in [0.3, 0.4) is 0 Å². The molecule has 0 aliphatic carbocycles. The van der Waals surface area contributed by atoms with Gasteiger partial charge < -0.3 is 15.9 Å². The van der Waals surface area contributed by atoms with Gasteiger partial charge >= 0.3 is 0 Å². The van der Waals surface area contributed by atoms with Crippen molar-refractivity contribution < 1.29 is 15.0 Å². The van der Waals surface area contributed by atoms with Crippen molar-refractivity contribution in [3.8, 4) is 0 Å². The number of aromatic nitrogens is 1. The highest BCUT2D eigenvalue weighted by molar-refractivity contribution is 9.10. The second-order valence-electron chi connectivity index (χ2n) is 3.44. The fraction of sp³-hybridized carbons (Fsp3) is 0.400. The minimum Gasteiger partial charge on any atom is -0.389 e. The Balaban J connectivity index is 2.77. The van der Waals surface area contributed by atoms with E-state index in [1.165, 1.54) is 13.1 Å². The van der Waals surface area contributed by atoms with Gasteiger partial charge in [-0.25, -0.2) is 4.98 Å². The van der Waals surface area contributed by atoms with Crippen LogP contribution in [0.2, 0.25) is 0 Å². The second kappa shape index (κ2) is 6.34. The minimum absolute atomic E-state index is 0.114. The molecular weight excluding hydrogens is 308 g/mol. The smallest absolute Gasteiger partial charge is 0.185 e. The summed E-state index contributed by atoms with van der Waals surface area (Å²) in [6.45, 7) is 1.40. The van der Waals surface area contributed by atoms with Gasteiger partial charge in [-0.05, 0) is 22.0 Å². The van der Waals surface area contributed by atoms with Crippen molar-refractivity contribution in [1.29, 1.82) is 0 Å². The molecule has 0 aromatic carbocycles. The van der Waals surface area contributed by atoms with E-state index >= 15 is 0 Å². The molecule has 0 amide bonds. The average Bonchev–Trinajstić information content (AvgIpc) is 2.28. The molecule has 2 atom stereocenters. The first-order valence-electron chi connectivity index (χ1n) is 4.82. The molecule has 0 fully saturated rings. The number of anilines is 1. The molecule has 0 aliphatic rings. The minimum atomic E-state index is -1.16. The average molecular weight is 321 g/mol. The summed E-state index contributed by atoms with van der Waals surface area (Å²) in [7, 11) is 0. The van der Waals surface area contributed by atoms with Gasteiger partial charge in [0.05, 0.1) is 6.10 Å². The fourth-order valence-electron chi connectivity index (χ4n) is 1.20. The van der Waals surface area contributed by atoms with E-state index in [-0.39, 0.29) is 16.7 Å². The number of aliphatic hydroxyl groups is 2. The standard InChI is InChI=1S/C10H13BrN2O3S/c1-5(14)17-4-8(15)9(16)7-2-6(11)3-13-10(7)12/h2-3,8-9,15-16H,4H2,1H3,(H2,12,13). The third-order valence-corrected chi connectivity index (χ3v) is 3.40. The van der Waals surface area contributed by atoms with Gasteiger partial charge in [-0.15, -0.1) is 0 Å². The highest BCUT2D eigenvalue weighted by Crippen LogP contribution is 2.26. The van der Waals surface area contributed by atoms with Crippen LogP contribution in [0.1, 0.15) is 18.6 Å². The third-order valence-electron chi connectivity index (χ3n) is 2.06. The number of nitrogens with zero attached hydrogens (tertiary/aromatic N) is 1. The summed E-state index contributed by atoms with van der Waals surface area (Å²) in [5, 5.41) is 19.5. The first-order valence-corrected chi connectivity index (χ1v) is 6.60. The summed E-state index contributed by atoms with van der Waals surface area (Å²) in [6, 6.07) is 1.59. The number of thioether (sulfide) groups is 1. The zero-order chi connectivity index (χ0) is 13.0.